The summed E-state index contributed by atoms with van der Waals surface area (Å²) in [7, 11) is 1.67. The van der Waals surface area contributed by atoms with Crippen molar-refractivity contribution in [1.82, 2.24) is 9.88 Å². The maximum atomic E-state index is 12.5. The molecule has 128 valence electrons. The molecule has 0 bridgehead atoms. The number of hydrogen-bond acceptors (Lipinski definition) is 4. The largest absolute Gasteiger partial charge is 0.497 e. The van der Waals surface area contributed by atoms with Gasteiger partial charge in [0.1, 0.15) is 5.75 Å². The molecule has 1 aromatic heterocycles. The monoisotopic (exact) mass is 344 g/mol. The minimum absolute atomic E-state index is 0.256. The highest BCUT2D eigenvalue weighted by Gasteiger charge is 2.25. The normalized spacial score (nSPS) is 15.5. The van der Waals surface area contributed by atoms with Crippen LogP contribution in [0.15, 0.2) is 29.6 Å². The first-order chi connectivity index (χ1) is 11.7. The van der Waals surface area contributed by atoms with Crippen molar-refractivity contribution < 1.29 is 9.53 Å². The SMILES string of the molecule is COc1cccc(CCC(=O)N2CCC(c3nc(C)cs3)CC2)c1. The summed E-state index contributed by atoms with van der Waals surface area (Å²) < 4.78 is 5.23. The average molecular weight is 344 g/mol. The lowest BCUT2D eigenvalue weighted by Gasteiger charge is -2.31. The second kappa shape index (κ2) is 7.79. The molecular formula is C19H24N2O2S. The van der Waals surface area contributed by atoms with Crippen molar-refractivity contribution in [2.45, 2.75) is 38.5 Å². The number of thiazole rings is 1. The summed E-state index contributed by atoms with van der Waals surface area (Å²) in [6.07, 6.45) is 3.38. The number of carbonyl (C=O) groups is 1. The van der Waals surface area contributed by atoms with Gasteiger partial charge in [-0.05, 0) is 43.9 Å². The van der Waals surface area contributed by atoms with Gasteiger partial charge < -0.3 is 9.64 Å². The molecule has 1 aliphatic rings. The molecule has 0 N–H and O–H groups in total. The molecule has 24 heavy (non-hydrogen) atoms. The lowest BCUT2D eigenvalue weighted by molar-refractivity contribution is -0.132. The van der Waals surface area contributed by atoms with Crippen molar-refractivity contribution in [2.75, 3.05) is 20.2 Å². The second-order valence-electron chi connectivity index (χ2n) is 6.33. The number of ether oxygens (including phenoxy) is 1. The number of nitrogens with zero attached hydrogens (tertiary/aromatic N) is 2. The predicted molar refractivity (Wildman–Crippen MR) is 96.7 cm³/mol. The highest BCUT2D eigenvalue weighted by molar-refractivity contribution is 7.09. The number of rotatable bonds is 5. The number of piperidine rings is 1. The summed E-state index contributed by atoms with van der Waals surface area (Å²) in [4.78, 5) is 19.1. The Morgan fingerprint density at radius 1 is 1.38 bits per heavy atom. The number of methoxy groups -OCH3 is 1. The average Bonchev–Trinajstić information content (AvgIpc) is 3.06. The Hall–Kier alpha value is -1.88. The third-order valence-corrected chi connectivity index (χ3v) is 5.72. The Bertz CT molecular complexity index is 690. The van der Waals surface area contributed by atoms with E-state index in [2.05, 4.69) is 10.4 Å². The Kier molecular flexibility index (Phi) is 5.51. The fraction of sp³-hybridized carbons (Fsp3) is 0.474. The third-order valence-electron chi connectivity index (χ3n) is 4.60. The van der Waals surface area contributed by atoms with Crippen LogP contribution in [0, 0.1) is 6.92 Å². The van der Waals surface area contributed by atoms with Gasteiger partial charge in [-0.3, -0.25) is 4.79 Å². The van der Waals surface area contributed by atoms with E-state index in [0.717, 1.165) is 49.4 Å². The van der Waals surface area contributed by atoms with Gasteiger partial charge in [0.05, 0.1) is 12.1 Å². The number of likely N-dealkylation sites (tertiary alicyclic amines) is 1. The number of benzene rings is 1. The lowest BCUT2D eigenvalue weighted by atomic mass is 9.97. The van der Waals surface area contributed by atoms with Crippen molar-refractivity contribution >= 4 is 17.2 Å². The molecule has 0 unspecified atom stereocenters. The van der Waals surface area contributed by atoms with Gasteiger partial charge in [-0.2, -0.15) is 0 Å². The molecule has 2 aromatic rings. The molecule has 0 atom stereocenters. The van der Waals surface area contributed by atoms with Gasteiger partial charge in [0.15, 0.2) is 0 Å². The highest BCUT2D eigenvalue weighted by atomic mass is 32.1. The summed E-state index contributed by atoms with van der Waals surface area (Å²) >= 11 is 1.75. The second-order valence-corrected chi connectivity index (χ2v) is 7.22. The Morgan fingerprint density at radius 2 is 2.17 bits per heavy atom. The number of aryl methyl sites for hydroxylation is 2. The van der Waals surface area contributed by atoms with Crippen LogP contribution in [0.25, 0.3) is 0 Å². The minimum atomic E-state index is 0.256. The standard InChI is InChI=1S/C19H24N2O2S/c1-14-13-24-19(20-14)16-8-10-21(11-9-16)18(22)7-6-15-4-3-5-17(12-15)23-2/h3-5,12-13,16H,6-11H2,1-2H3. The number of aromatic nitrogens is 1. The van der Waals surface area contributed by atoms with Crippen LogP contribution in [0.2, 0.25) is 0 Å². The molecule has 0 radical (unpaired) electrons. The van der Waals surface area contributed by atoms with Gasteiger partial charge >= 0.3 is 0 Å². The lowest BCUT2D eigenvalue weighted by Crippen LogP contribution is -2.38. The summed E-state index contributed by atoms with van der Waals surface area (Å²) in [6, 6.07) is 7.95. The summed E-state index contributed by atoms with van der Waals surface area (Å²) in [6.45, 7) is 3.73. The Morgan fingerprint density at radius 3 is 2.83 bits per heavy atom. The summed E-state index contributed by atoms with van der Waals surface area (Å²) in [5, 5.41) is 3.34. The van der Waals surface area contributed by atoms with Gasteiger partial charge in [0, 0.05) is 36.5 Å². The molecular weight excluding hydrogens is 320 g/mol. The molecule has 2 heterocycles. The first kappa shape index (κ1) is 17.0. The molecule has 1 aromatic carbocycles. The fourth-order valence-corrected chi connectivity index (χ4v) is 4.14. The molecule has 1 saturated heterocycles. The summed E-state index contributed by atoms with van der Waals surface area (Å²) in [5.41, 5.74) is 2.25. The van der Waals surface area contributed by atoms with Crippen molar-refractivity contribution in [3.05, 3.63) is 45.9 Å². The van der Waals surface area contributed by atoms with Crippen LogP contribution in [0.1, 0.15) is 41.4 Å². The van der Waals surface area contributed by atoms with Crippen LogP contribution in [0.4, 0.5) is 0 Å². The molecule has 1 amide bonds. The number of amides is 1. The fourth-order valence-electron chi connectivity index (χ4n) is 3.17. The van der Waals surface area contributed by atoms with E-state index in [1.54, 1.807) is 18.4 Å². The highest BCUT2D eigenvalue weighted by Crippen LogP contribution is 2.30. The zero-order valence-electron chi connectivity index (χ0n) is 14.3. The van der Waals surface area contributed by atoms with E-state index in [-0.39, 0.29) is 5.91 Å². The van der Waals surface area contributed by atoms with E-state index in [4.69, 9.17) is 4.74 Å². The van der Waals surface area contributed by atoms with Crippen molar-refractivity contribution in [1.29, 1.82) is 0 Å². The van der Waals surface area contributed by atoms with Crippen LogP contribution in [0.3, 0.4) is 0 Å². The molecule has 0 saturated carbocycles. The molecule has 4 nitrogen and oxygen atoms in total. The van der Waals surface area contributed by atoms with Gasteiger partial charge in [0.25, 0.3) is 0 Å². The van der Waals surface area contributed by atoms with E-state index in [1.165, 1.54) is 5.01 Å². The van der Waals surface area contributed by atoms with Crippen molar-refractivity contribution in [3.63, 3.8) is 0 Å². The van der Waals surface area contributed by atoms with Gasteiger partial charge in [-0.15, -0.1) is 11.3 Å². The molecule has 0 spiro atoms. The smallest absolute Gasteiger partial charge is 0.222 e. The zero-order chi connectivity index (χ0) is 16.9. The van der Waals surface area contributed by atoms with Crippen molar-refractivity contribution in [3.8, 4) is 5.75 Å². The number of carbonyl (C=O) groups excluding carboxylic acids is 1. The van der Waals surface area contributed by atoms with E-state index in [1.807, 2.05) is 36.1 Å². The molecule has 3 rings (SSSR count). The summed E-state index contributed by atoms with van der Waals surface area (Å²) in [5.74, 6) is 1.62. The van der Waals surface area contributed by atoms with Gasteiger partial charge in [-0.25, -0.2) is 4.98 Å². The topological polar surface area (TPSA) is 42.4 Å². The number of hydrogen-bond donors (Lipinski definition) is 0. The Labute approximate surface area is 147 Å². The van der Waals surface area contributed by atoms with E-state index < -0.39 is 0 Å². The quantitative estimate of drug-likeness (QED) is 0.828. The zero-order valence-corrected chi connectivity index (χ0v) is 15.1. The van der Waals surface area contributed by atoms with Crippen LogP contribution in [-0.2, 0) is 11.2 Å². The Balaban J connectivity index is 1.48. The molecule has 5 heteroatoms. The molecule has 0 aliphatic carbocycles. The van der Waals surface area contributed by atoms with E-state index in [9.17, 15) is 4.79 Å². The first-order valence-electron chi connectivity index (χ1n) is 8.48. The van der Waals surface area contributed by atoms with E-state index in [0.29, 0.717) is 12.3 Å². The van der Waals surface area contributed by atoms with Crippen LogP contribution >= 0.6 is 11.3 Å². The van der Waals surface area contributed by atoms with Gasteiger partial charge in [-0.1, -0.05) is 12.1 Å². The van der Waals surface area contributed by atoms with Crippen LogP contribution in [0.5, 0.6) is 5.75 Å². The molecule has 1 aliphatic heterocycles. The van der Waals surface area contributed by atoms with Crippen molar-refractivity contribution in [2.24, 2.45) is 0 Å². The van der Waals surface area contributed by atoms with Crippen LogP contribution < -0.4 is 4.74 Å². The maximum Gasteiger partial charge on any atom is 0.222 e. The molecule has 1 fully saturated rings. The minimum Gasteiger partial charge on any atom is -0.497 e. The van der Waals surface area contributed by atoms with Crippen LogP contribution in [-0.4, -0.2) is 36.0 Å². The van der Waals surface area contributed by atoms with Gasteiger partial charge in [0.2, 0.25) is 5.91 Å². The third kappa shape index (κ3) is 4.15. The predicted octanol–water partition coefficient (Wildman–Crippen LogP) is 3.80. The maximum absolute atomic E-state index is 12.5. The first-order valence-corrected chi connectivity index (χ1v) is 9.36. The van der Waals surface area contributed by atoms with E-state index >= 15 is 0 Å².